The summed E-state index contributed by atoms with van der Waals surface area (Å²) in [6, 6.07) is 1.54. The van der Waals surface area contributed by atoms with Crippen LogP contribution in [-0.4, -0.2) is 37.4 Å². The van der Waals surface area contributed by atoms with E-state index in [9.17, 15) is 4.79 Å². The van der Waals surface area contributed by atoms with E-state index in [2.05, 4.69) is 25.2 Å². The molecule has 0 radical (unpaired) electrons. The van der Waals surface area contributed by atoms with Gasteiger partial charge in [0, 0.05) is 25.6 Å². The van der Waals surface area contributed by atoms with Crippen molar-refractivity contribution in [2.24, 2.45) is 0 Å². The maximum Gasteiger partial charge on any atom is 0.323 e. The molecule has 0 aliphatic carbocycles. The molecule has 0 aromatic carbocycles. The van der Waals surface area contributed by atoms with Gasteiger partial charge in [0.15, 0.2) is 11.6 Å². The lowest BCUT2D eigenvalue weighted by molar-refractivity contribution is 0.203. The summed E-state index contributed by atoms with van der Waals surface area (Å²) in [6.45, 7) is 3.47. The number of aromatic nitrogens is 4. The fourth-order valence-electron chi connectivity index (χ4n) is 3.64. The molecule has 2 aliphatic rings. The minimum absolute atomic E-state index is 0.0163. The molecule has 24 heavy (non-hydrogen) atoms. The Morgan fingerprint density at radius 3 is 3.00 bits per heavy atom. The predicted octanol–water partition coefficient (Wildman–Crippen LogP) is 2.67. The fourth-order valence-corrected chi connectivity index (χ4v) is 3.64. The van der Waals surface area contributed by atoms with Gasteiger partial charge < -0.3 is 14.0 Å². The highest BCUT2D eigenvalue weighted by atomic mass is 16.5. The number of carbonyl (C=O) groups is 1. The molecule has 1 atom stereocenters. The first-order valence-electron chi connectivity index (χ1n) is 8.65. The monoisotopic (exact) mass is 330 g/mol. The number of anilines is 1. The van der Waals surface area contributed by atoms with Crippen LogP contribution in [0.3, 0.4) is 0 Å². The fraction of sp³-hybridized carbons (Fsp3) is 0.625. The molecular formula is C16H22N6O2. The van der Waals surface area contributed by atoms with Crippen LogP contribution in [-0.2, 0) is 13.0 Å². The zero-order chi connectivity index (χ0) is 16.5. The summed E-state index contributed by atoms with van der Waals surface area (Å²) in [5, 5.41) is 15.4. The molecule has 1 N–H and O–H groups in total. The molecule has 4 heterocycles. The van der Waals surface area contributed by atoms with E-state index in [1.807, 2.05) is 4.90 Å². The Bertz CT molecular complexity index is 737. The molecule has 1 saturated heterocycles. The molecule has 2 aliphatic heterocycles. The highest BCUT2D eigenvalue weighted by molar-refractivity contribution is 5.88. The average molecular weight is 330 g/mol. The number of nitrogens with zero attached hydrogens (tertiary/aromatic N) is 5. The van der Waals surface area contributed by atoms with Gasteiger partial charge in [0.1, 0.15) is 11.6 Å². The van der Waals surface area contributed by atoms with Crippen molar-refractivity contribution < 1.29 is 9.32 Å². The van der Waals surface area contributed by atoms with Crippen LogP contribution in [0.4, 0.5) is 10.6 Å². The summed E-state index contributed by atoms with van der Waals surface area (Å²) in [7, 11) is 0. The molecule has 2 aromatic heterocycles. The number of rotatable bonds is 2. The van der Waals surface area contributed by atoms with Crippen LogP contribution in [0.5, 0.6) is 0 Å². The molecule has 128 valence electrons. The topological polar surface area (TPSA) is 89.1 Å². The molecule has 0 bridgehead atoms. The van der Waals surface area contributed by atoms with Crippen LogP contribution >= 0.6 is 0 Å². The van der Waals surface area contributed by atoms with E-state index < -0.39 is 0 Å². The summed E-state index contributed by atoms with van der Waals surface area (Å²) < 4.78 is 7.23. The Labute approximate surface area is 140 Å². The van der Waals surface area contributed by atoms with Gasteiger partial charge in [0.05, 0.1) is 6.04 Å². The van der Waals surface area contributed by atoms with Crippen LogP contribution < -0.4 is 5.32 Å². The van der Waals surface area contributed by atoms with Gasteiger partial charge in [-0.05, 0) is 32.6 Å². The molecule has 1 fully saturated rings. The van der Waals surface area contributed by atoms with Crippen molar-refractivity contribution in [1.82, 2.24) is 24.8 Å². The third-order valence-corrected chi connectivity index (χ3v) is 4.81. The first-order valence-corrected chi connectivity index (χ1v) is 8.65. The van der Waals surface area contributed by atoms with Crippen molar-refractivity contribution in [3.8, 4) is 0 Å². The summed E-state index contributed by atoms with van der Waals surface area (Å²) in [4.78, 5) is 14.5. The van der Waals surface area contributed by atoms with E-state index >= 15 is 0 Å². The van der Waals surface area contributed by atoms with Gasteiger partial charge >= 0.3 is 6.03 Å². The maximum atomic E-state index is 12.6. The lowest BCUT2D eigenvalue weighted by atomic mass is 10.2. The van der Waals surface area contributed by atoms with Gasteiger partial charge in [-0.1, -0.05) is 11.6 Å². The quantitative estimate of drug-likeness (QED) is 0.914. The van der Waals surface area contributed by atoms with Gasteiger partial charge in [-0.3, -0.25) is 5.32 Å². The van der Waals surface area contributed by atoms with E-state index in [1.165, 1.54) is 12.8 Å². The predicted molar refractivity (Wildman–Crippen MR) is 86.5 cm³/mol. The minimum atomic E-state index is -0.156. The molecule has 0 saturated carbocycles. The summed E-state index contributed by atoms with van der Waals surface area (Å²) >= 11 is 0. The number of hydrogen-bond donors (Lipinski definition) is 1. The third kappa shape index (κ3) is 2.76. The van der Waals surface area contributed by atoms with E-state index in [0.717, 1.165) is 50.4 Å². The first kappa shape index (κ1) is 15.2. The van der Waals surface area contributed by atoms with Gasteiger partial charge in [-0.25, -0.2) is 4.79 Å². The molecule has 2 amide bonds. The van der Waals surface area contributed by atoms with Crippen molar-refractivity contribution in [3.63, 3.8) is 0 Å². The Balaban J connectivity index is 1.54. The number of likely N-dealkylation sites (tertiary alicyclic amines) is 1. The van der Waals surface area contributed by atoms with E-state index in [-0.39, 0.29) is 12.1 Å². The second-order valence-corrected chi connectivity index (χ2v) is 6.54. The third-order valence-electron chi connectivity index (χ3n) is 4.81. The van der Waals surface area contributed by atoms with Crippen LogP contribution in [0.15, 0.2) is 10.6 Å². The van der Waals surface area contributed by atoms with Gasteiger partial charge in [-0.15, -0.1) is 10.2 Å². The van der Waals surface area contributed by atoms with Crippen molar-refractivity contribution in [2.75, 3.05) is 11.9 Å². The smallest absolute Gasteiger partial charge is 0.323 e. The van der Waals surface area contributed by atoms with Gasteiger partial charge in [0.2, 0.25) is 0 Å². The Hall–Kier alpha value is -2.38. The number of hydrogen-bond acceptors (Lipinski definition) is 5. The standard InChI is InChI=1S/C16H22N6O2/c1-11-10-13(20-24-11)17-16(23)21-9-5-6-12(21)15-19-18-14-7-3-2-4-8-22(14)15/h10,12H,2-9H2,1H3,(H,17,20,23)/t12-/m1/s1. The minimum Gasteiger partial charge on any atom is -0.360 e. The van der Waals surface area contributed by atoms with Crippen LogP contribution in [0.2, 0.25) is 0 Å². The zero-order valence-corrected chi connectivity index (χ0v) is 13.9. The van der Waals surface area contributed by atoms with Crippen LogP contribution in [0.25, 0.3) is 0 Å². The van der Waals surface area contributed by atoms with Crippen molar-refractivity contribution in [2.45, 2.75) is 58.0 Å². The number of nitrogens with one attached hydrogen (secondary N) is 1. The summed E-state index contributed by atoms with van der Waals surface area (Å²) in [6.07, 6.45) is 6.41. The second kappa shape index (κ2) is 6.26. The molecular weight excluding hydrogens is 308 g/mol. The van der Waals surface area contributed by atoms with Crippen LogP contribution in [0.1, 0.15) is 55.6 Å². The van der Waals surface area contributed by atoms with Crippen molar-refractivity contribution in [3.05, 3.63) is 23.5 Å². The van der Waals surface area contributed by atoms with Gasteiger partial charge in [-0.2, -0.15) is 0 Å². The SMILES string of the molecule is Cc1cc(NC(=O)N2CCC[C@@H]2c2nnc3n2CCCCC3)no1. The average Bonchev–Trinajstić information content (AvgIpc) is 3.24. The number of urea groups is 1. The van der Waals surface area contributed by atoms with Crippen molar-refractivity contribution >= 4 is 11.8 Å². The van der Waals surface area contributed by atoms with Crippen molar-refractivity contribution in [1.29, 1.82) is 0 Å². The van der Waals surface area contributed by atoms with E-state index in [1.54, 1.807) is 13.0 Å². The number of aryl methyl sites for hydroxylation is 2. The summed E-state index contributed by atoms with van der Waals surface area (Å²) in [5.41, 5.74) is 0. The lowest BCUT2D eigenvalue weighted by Gasteiger charge is -2.24. The molecule has 8 nitrogen and oxygen atoms in total. The molecule has 0 unspecified atom stereocenters. The highest BCUT2D eigenvalue weighted by Gasteiger charge is 2.34. The van der Waals surface area contributed by atoms with E-state index in [0.29, 0.717) is 11.6 Å². The lowest BCUT2D eigenvalue weighted by Crippen LogP contribution is -2.35. The van der Waals surface area contributed by atoms with E-state index in [4.69, 9.17) is 4.52 Å². The van der Waals surface area contributed by atoms with Gasteiger partial charge in [0.25, 0.3) is 0 Å². The second-order valence-electron chi connectivity index (χ2n) is 6.54. The molecule has 8 heteroatoms. The highest BCUT2D eigenvalue weighted by Crippen LogP contribution is 2.32. The first-order chi connectivity index (χ1) is 11.7. The van der Waals surface area contributed by atoms with Crippen LogP contribution in [0, 0.1) is 6.92 Å². The normalized spacial score (nSPS) is 20.7. The maximum absolute atomic E-state index is 12.6. The molecule has 0 spiro atoms. The largest absolute Gasteiger partial charge is 0.360 e. The Kier molecular flexibility index (Phi) is 3.95. The number of carbonyl (C=O) groups excluding carboxylic acids is 1. The Morgan fingerprint density at radius 2 is 2.17 bits per heavy atom. The summed E-state index contributed by atoms with van der Waals surface area (Å²) in [5.74, 6) is 3.10. The molecule has 2 aromatic rings. The molecule has 4 rings (SSSR count). The number of fused-ring (bicyclic) bond motifs is 1. The Morgan fingerprint density at radius 1 is 1.25 bits per heavy atom. The number of amides is 2. The zero-order valence-electron chi connectivity index (χ0n) is 13.9.